The second kappa shape index (κ2) is 3.46. The van der Waals surface area contributed by atoms with Crippen molar-refractivity contribution in [3.8, 4) is 0 Å². The van der Waals surface area contributed by atoms with Crippen LogP contribution in [0.15, 0.2) is 10.6 Å². The van der Waals surface area contributed by atoms with Gasteiger partial charge in [0.25, 0.3) is 0 Å². The van der Waals surface area contributed by atoms with E-state index in [1.165, 1.54) is 10.0 Å². The maximum absolute atomic E-state index is 10.3. The van der Waals surface area contributed by atoms with Crippen molar-refractivity contribution in [1.29, 1.82) is 0 Å². The molecule has 68 valence electrons. The van der Waals surface area contributed by atoms with Gasteiger partial charge in [-0.1, -0.05) is 0 Å². The van der Waals surface area contributed by atoms with Crippen LogP contribution in [0.2, 0.25) is 0 Å². The Kier molecular flexibility index (Phi) is 2.57. The number of rotatable bonds is 2. The topological polar surface area (TPSA) is 65.3 Å². The lowest BCUT2D eigenvalue weighted by molar-refractivity contribution is 0.0440. The molecule has 1 aliphatic rings. The third-order valence-electron chi connectivity index (χ3n) is 2.13. The molecule has 0 N–H and O–H groups in total. The van der Waals surface area contributed by atoms with Gasteiger partial charge in [-0.15, -0.1) is 9.81 Å². The summed E-state index contributed by atoms with van der Waals surface area (Å²) < 4.78 is 0. The summed E-state index contributed by atoms with van der Waals surface area (Å²) in [5, 5.41) is 8.59. The number of nitroso groups, excluding NO2 is 2. The maximum atomic E-state index is 10.3. The lowest BCUT2D eigenvalue weighted by atomic mass is 10.2. The summed E-state index contributed by atoms with van der Waals surface area (Å²) in [6, 6.07) is -0.0622. The minimum absolute atomic E-state index is 0.0311. The van der Waals surface area contributed by atoms with Gasteiger partial charge in [0, 0.05) is 0 Å². The van der Waals surface area contributed by atoms with Gasteiger partial charge in [-0.3, -0.25) is 10.0 Å². The Hall–Kier alpha value is -1.20. The monoisotopic (exact) mass is 172 g/mol. The Bertz CT molecular complexity index is 166. The van der Waals surface area contributed by atoms with Gasteiger partial charge in [0.1, 0.15) is 0 Å². The molecule has 6 heteroatoms. The molecule has 0 aliphatic carbocycles. The SMILES string of the molecule is C[C@H]1CN(N=O)[C@@H](C)CN1N=O. The molecule has 0 spiro atoms. The van der Waals surface area contributed by atoms with Crippen molar-refractivity contribution in [3.05, 3.63) is 9.81 Å². The van der Waals surface area contributed by atoms with Crippen molar-refractivity contribution >= 4 is 0 Å². The summed E-state index contributed by atoms with van der Waals surface area (Å²) in [6.07, 6.45) is 0. The van der Waals surface area contributed by atoms with Gasteiger partial charge in [-0.05, 0) is 13.8 Å². The molecule has 6 nitrogen and oxygen atoms in total. The van der Waals surface area contributed by atoms with Gasteiger partial charge >= 0.3 is 0 Å². The van der Waals surface area contributed by atoms with Gasteiger partial charge in [0.2, 0.25) is 0 Å². The van der Waals surface area contributed by atoms with E-state index in [9.17, 15) is 9.81 Å². The summed E-state index contributed by atoms with van der Waals surface area (Å²) >= 11 is 0. The summed E-state index contributed by atoms with van der Waals surface area (Å²) in [5.41, 5.74) is 0. The van der Waals surface area contributed by atoms with Gasteiger partial charge < -0.3 is 0 Å². The second-order valence-electron chi connectivity index (χ2n) is 3.11. The minimum atomic E-state index is -0.0311. The highest BCUT2D eigenvalue weighted by Crippen LogP contribution is 2.14. The van der Waals surface area contributed by atoms with Crippen molar-refractivity contribution in [1.82, 2.24) is 10.0 Å². The third kappa shape index (κ3) is 1.51. The van der Waals surface area contributed by atoms with Crippen LogP contribution in [0.1, 0.15) is 13.8 Å². The summed E-state index contributed by atoms with van der Waals surface area (Å²) in [4.78, 5) is 20.5. The molecular weight excluding hydrogens is 160 g/mol. The third-order valence-corrected chi connectivity index (χ3v) is 2.13. The van der Waals surface area contributed by atoms with E-state index < -0.39 is 0 Å². The maximum Gasteiger partial charge on any atom is 0.0668 e. The van der Waals surface area contributed by atoms with E-state index in [0.29, 0.717) is 13.1 Å². The number of hydrogen-bond donors (Lipinski definition) is 0. The van der Waals surface area contributed by atoms with E-state index in [2.05, 4.69) is 10.6 Å². The molecule has 0 unspecified atom stereocenters. The van der Waals surface area contributed by atoms with Crippen LogP contribution in [0.5, 0.6) is 0 Å². The highest BCUT2D eigenvalue weighted by atomic mass is 16.3. The lowest BCUT2D eigenvalue weighted by Gasteiger charge is -2.37. The Morgan fingerprint density at radius 1 is 1.00 bits per heavy atom. The molecule has 1 heterocycles. The van der Waals surface area contributed by atoms with Crippen LogP contribution in [-0.4, -0.2) is 35.2 Å². The van der Waals surface area contributed by atoms with Gasteiger partial charge in [-0.25, -0.2) is 0 Å². The summed E-state index contributed by atoms with van der Waals surface area (Å²) in [7, 11) is 0. The highest BCUT2D eigenvalue weighted by molar-refractivity contribution is 4.80. The summed E-state index contributed by atoms with van der Waals surface area (Å²) in [5.74, 6) is 0. The van der Waals surface area contributed by atoms with Gasteiger partial charge in [-0.2, -0.15) is 0 Å². The zero-order chi connectivity index (χ0) is 9.14. The number of piperazine rings is 1. The fraction of sp³-hybridized carbons (Fsp3) is 1.00. The molecule has 0 saturated carbocycles. The molecule has 12 heavy (non-hydrogen) atoms. The van der Waals surface area contributed by atoms with Crippen LogP contribution in [0, 0.1) is 9.81 Å². The second-order valence-corrected chi connectivity index (χ2v) is 3.11. The normalized spacial score (nSPS) is 30.2. The molecule has 0 aromatic carbocycles. The largest absolute Gasteiger partial charge is 0.254 e. The fourth-order valence-corrected chi connectivity index (χ4v) is 1.32. The number of hydrogen-bond acceptors (Lipinski definition) is 4. The molecule has 1 saturated heterocycles. The van der Waals surface area contributed by atoms with Crippen LogP contribution >= 0.6 is 0 Å². The van der Waals surface area contributed by atoms with Crippen LogP contribution in [0.25, 0.3) is 0 Å². The van der Waals surface area contributed by atoms with Crippen LogP contribution in [0.3, 0.4) is 0 Å². The number of nitrogens with zero attached hydrogens (tertiary/aromatic N) is 4. The first kappa shape index (κ1) is 8.89. The van der Waals surface area contributed by atoms with E-state index >= 15 is 0 Å². The summed E-state index contributed by atoms with van der Waals surface area (Å²) in [6.45, 7) is 4.61. The smallest absolute Gasteiger partial charge is 0.0668 e. The van der Waals surface area contributed by atoms with Crippen molar-refractivity contribution < 1.29 is 0 Å². The average Bonchev–Trinajstić information content (AvgIpc) is 2.08. The molecule has 0 radical (unpaired) electrons. The van der Waals surface area contributed by atoms with E-state index in [1.807, 2.05) is 13.8 Å². The predicted octanol–water partition coefficient (Wildman–Crippen LogP) is 0.744. The molecule has 0 aromatic rings. The van der Waals surface area contributed by atoms with Crippen molar-refractivity contribution in [2.75, 3.05) is 13.1 Å². The van der Waals surface area contributed by atoms with E-state index in [-0.39, 0.29) is 12.1 Å². The molecule has 1 rings (SSSR count). The van der Waals surface area contributed by atoms with Crippen LogP contribution < -0.4 is 0 Å². The molecule has 0 aromatic heterocycles. The van der Waals surface area contributed by atoms with Gasteiger partial charge in [0.15, 0.2) is 0 Å². The van der Waals surface area contributed by atoms with Crippen molar-refractivity contribution in [2.24, 2.45) is 10.6 Å². The first-order valence-electron chi connectivity index (χ1n) is 3.89. The van der Waals surface area contributed by atoms with Gasteiger partial charge in [0.05, 0.1) is 35.7 Å². The van der Waals surface area contributed by atoms with E-state index in [4.69, 9.17) is 0 Å². The molecular formula is C6H12N4O2. The first-order valence-corrected chi connectivity index (χ1v) is 3.89. The Morgan fingerprint density at radius 3 is 1.58 bits per heavy atom. The van der Waals surface area contributed by atoms with Crippen molar-refractivity contribution in [3.63, 3.8) is 0 Å². The first-order chi connectivity index (χ1) is 5.69. The molecule has 1 fully saturated rings. The molecule has 2 atom stereocenters. The lowest BCUT2D eigenvalue weighted by Crippen LogP contribution is -2.51. The molecule has 0 bridgehead atoms. The zero-order valence-electron chi connectivity index (χ0n) is 7.17. The van der Waals surface area contributed by atoms with Crippen LogP contribution in [0.4, 0.5) is 0 Å². The van der Waals surface area contributed by atoms with Crippen molar-refractivity contribution in [2.45, 2.75) is 25.9 Å². The Morgan fingerprint density at radius 2 is 1.33 bits per heavy atom. The molecule has 0 amide bonds. The zero-order valence-corrected chi connectivity index (χ0v) is 7.17. The quantitative estimate of drug-likeness (QED) is 0.576. The minimum Gasteiger partial charge on any atom is -0.254 e. The highest BCUT2D eigenvalue weighted by Gasteiger charge is 2.28. The fourth-order valence-electron chi connectivity index (χ4n) is 1.32. The predicted molar refractivity (Wildman–Crippen MR) is 43.9 cm³/mol. The Labute approximate surface area is 70.4 Å². The Balaban J connectivity index is 2.60. The van der Waals surface area contributed by atoms with Crippen LogP contribution in [-0.2, 0) is 0 Å². The average molecular weight is 172 g/mol. The van der Waals surface area contributed by atoms with E-state index in [0.717, 1.165) is 0 Å². The van der Waals surface area contributed by atoms with E-state index in [1.54, 1.807) is 0 Å². The molecule has 1 aliphatic heterocycles. The standard InChI is InChI=1S/C6H12N4O2/c1-5-3-10(8-12)6(2)4-9(5)7-11/h5-6H,3-4H2,1-2H3/t5-,6-/m0/s1.